The maximum atomic E-state index is 13.1. The highest BCUT2D eigenvalue weighted by Gasteiger charge is 2.37. The van der Waals surface area contributed by atoms with E-state index in [1.165, 1.54) is 11.2 Å². The summed E-state index contributed by atoms with van der Waals surface area (Å²) in [5.74, 6) is 0. The van der Waals surface area contributed by atoms with Crippen LogP contribution in [0.2, 0.25) is 0 Å². The third-order valence-corrected chi connectivity index (χ3v) is 6.42. The van der Waals surface area contributed by atoms with E-state index in [4.69, 9.17) is 0 Å². The van der Waals surface area contributed by atoms with Crippen molar-refractivity contribution in [1.29, 1.82) is 0 Å². The molecular formula is C17H18F3N3O2S. The van der Waals surface area contributed by atoms with Crippen LogP contribution in [-0.2, 0) is 16.2 Å². The number of alkyl halides is 3. The van der Waals surface area contributed by atoms with Crippen LogP contribution >= 0.6 is 0 Å². The topological polar surface area (TPSA) is 62.3 Å². The van der Waals surface area contributed by atoms with E-state index in [1.807, 2.05) is 0 Å². The molecule has 2 heterocycles. The van der Waals surface area contributed by atoms with E-state index in [2.05, 4.69) is 10.3 Å². The molecule has 1 aliphatic rings. The van der Waals surface area contributed by atoms with Gasteiger partial charge in [0.2, 0.25) is 10.0 Å². The van der Waals surface area contributed by atoms with Crippen molar-refractivity contribution < 1.29 is 21.6 Å². The lowest BCUT2D eigenvalue weighted by Gasteiger charge is -2.35. The Bertz CT molecular complexity index is 886. The Balaban J connectivity index is 2.01. The van der Waals surface area contributed by atoms with Gasteiger partial charge in [-0.05, 0) is 42.3 Å². The molecule has 1 unspecified atom stereocenters. The van der Waals surface area contributed by atoms with Crippen LogP contribution in [0.3, 0.4) is 0 Å². The second-order valence-electron chi connectivity index (χ2n) is 6.10. The lowest BCUT2D eigenvalue weighted by molar-refractivity contribution is -0.137. The zero-order valence-corrected chi connectivity index (χ0v) is 14.8. The monoisotopic (exact) mass is 385 g/mol. The Morgan fingerprint density at radius 3 is 2.65 bits per heavy atom. The second-order valence-corrected chi connectivity index (χ2v) is 7.96. The van der Waals surface area contributed by atoms with Gasteiger partial charge in [0.1, 0.15) is 0 Å². The molecule has 0 aliphatic carbocycles. The molecular weight excluding hydrogens is 367 g/mol. The second kappa shape index (κ2) is 6.98. The number of aryl methyl sites for hydroxylation is 1. The average molecular weight is 385 g/mol. The maximum absolute atomic E-state index is 13.1. The van der Waals surface area contributed by atoms with Crippen LogP contribution in [0.5, 0.6) is 0 Å². The van der Waals surface area contributed by atoms with Crippen LogP contribution in [0.1, 0.15) is 22.7 Å². The summed E-state index contributed by atoms with van der Waals surface area (Å²) in [5, 5.41) is 3.15. The zero-order valence-electron chi connectivity index (χ0n) is 14.0. The highest BCUT2D eigenvalue weighted by atomic mass is 32.2. The molecule has 0 spiro atoms. The smallest absolute Gasteiger partial charge is 0.313 e. The molecule has 1 saturated heterocycles. The van der Waals surface area contributed by atoms with Gasteiger partial charge >= 0.3 is 6.18 Å². The van der Waals surface area contributed by atoms with E-state index < -0.39 is 27.8 Å². The van der Waals surface area contributed by atoms with Crippen molar-refractivity contribution in [3.05, 3.63) is 59.4 Å². The number of hydrogen-bond acceptors (Lipinski definition) is 4. The molecule has 1 N–H and O–H groups in total. The SMILES string of the molecule is Cc1cc(C(F)(F)F)ccc1S(=O)(=O)N1CCNCC1c1cccnc1. The van der Waals surface area contributed by atoms with Gasteiger partial charge in [-0.1, -0.05) is 6.07 Å². The van der Waals surface area contributed by atoms with Gasteiger partial charge in [-0.3, -0.25) is 4.98 Å². The lowest BCUT2D eigenvalue weighted by atomic mass is 10.1. The Kier molecular flexibility index (Phi) is 5.05. The van der Waals surface area contributed by atoms with Crippen molar-refractivity contribution in [2.75, 3.05) is 19.6 Å². The number of rotatable bonds is 3. The zero-order chi connectivity index (χ0) is 18.9. The van der Waals surface area contributed by atoms with Crippen LogP contribution < -0.4 is 5.32 Å². The maximum Gasteiger partial charge on any atom is 0.416 e. The molecule has 1 fully saturated rings. The van der Waals surface area contributed by atoms with Crippen molar-refractivity contribution in [2.24, 2.45) is 0 Å². The van der Waals surface area contributed by atoms with Crippen molar-refractivity contribution in [3.63, 3.8) is 0 Å². The van der Waals surface area contributed by atoms with Gasteiger partial charge in [0, 0.05) is 32.0 Å². The fourth-order valence-electron chi connectivity index (χ4n) is 3.07. The molecule has 9 heteroatoms. The summed E-state index contributed by atoms with van der Waals surface area (Å²) in [4.78, 5) is 3.92. The largest absolute Gasteiger partial charge is 0.416 e. The van der Waals surface area contributed by atoms with Crippen LogP contribution in [0.25, 0.3) is 0 Å². The Morgan fingerprint density at radius 2 is 2.04 bits per heavy atom. The Hall–Kier alpha value is -1.97. The number of benzene rings is 1. The average Bonchev–Trinajstić information content (AvgIpc) is 2.61. The lowest BCUT2D eigenvalue weighted by Crippen LogP contribution is -2.48. The normalized spacial score (nSPS) is 19.5. The molecule has 26 heavy (non-hydrogen) atoms. The van der Waals surface area contributed by atoms with E-state index in [0.29, 0.717) is 13.1 Å². The first kappa shape index (κ1) is 18.8. The molecule has 1 aliphatic heterocycles. The molecule has 3 rings (SSSR count). The molecule has 140 valence electrons. The number of hydrogen-bond donors (Lipinski definition) is 1. The summed E-state index contributed by atoms with van der Waals surface area (Å²) in [7, 11) is -3.95. The van der Waals surface area contributed by atoms with Crippen molar-refractivity contribution in [2.45, 2.75) is 24.0 Å². The molecule has 2 aromatic rings. The van der Waals surface area contributed by atoms with E-state index in [0.717, 1.165) is 23.8 Å². The van der Waals surface area contributed by atoms with Crippen LogP contribution in [0.15, 0.2) is 47.6 Å². The molecule has 1 atom stereocenters. The van der Waals surface area contributed by atoms with Crippen molar-refractivity contribution >= 4 is 10.0 Å². The van der Waals surface area contributed by atoms with E-state index in [1.54, 1.807) is 24.5 Å². The fourth-order valence-corrected chi connectivity index (χ4v) is 4.89. The number of piperazine rings is 1. The standard InChI is InChI=1S/C17H18F3N3O2S/c1-12-9-14(17(18,19)20)4-5-16(12)26(24,25)23-8-7-22-11-15(23)13-3-2-6-21-10-13/h2-6,9-10,15,22H,7-8,11H2,1H3. The minimum absolute atomic E-state index is 0.0725. The highest BCUT2D eigenvalue weighted by molar-refractivity contribution is 7.89. The van der Waals surface area contributed by atoms with Gasteiger partial charge in [-0.25, -0.2) is 8.42 Å². The number of aromatic nitrogens is 1. The van der Waals surface area contributed by atoms with Crippen LogP contribution in [0.4, 0.5) is 13.2 Å². The van der Waals surface area contributed by atoms with Gasteiger partial charge in [0.15, 0.2) is 0 Å². The molecule has 0 radical (unpaired) electrons. The molecule has 0 saturated carbocycles. The summed E-state index contributed by atoms with van der Waals surface area (Å²) in [6, 6.07) is 5.75. The predicted molar refractivity (Wildman–Crippen MR) is 89.9 cm³/mol. The van der Waals surface area contributed by atoms with E-state index in [9.17, 15) is 21.6 Å². The summed E-state index contributed by atoms with van der Waals surface area (Å²) < 4.78 is 66.2. The molecule has 1 aromatic heterocycles. The fraction of sp³-hybridized carbons (Fsp3) is 0.353. The van der Waals surface area contributed by atoms with Crippen LogP contribution in [-0.4, -0.2) is 37.3 Å². The Morgan fingerprint density at radius 1 is 1.27 bits per heavy atom. The quantitative estimate of drug-likeness (QED) is 0.883. The van der Waals surface area contributed by atoms with E-state index >= 15 is 0 Å². The molecule has 0 amide bonds. The third-order valence-electron chi connectivity index (χ3n) is 4.35. The summed E-state index contributed by atoms with van der Waals surface area (Å²) in [5.41, 5.74) is -0.0609. The van der Waals surface area contributed by atoms with Crippen molar-refractivity contribution in [1.82, 2.24) is 14.6 Å². The van der Waals surface area contributed by atoms with E-state index in [-0.39, 0.29) is 17.0 Å². The van der Waals surface area contributed by atoms with Crippen molar-refractivity contribution in [3.8, 4) is 0 Å². The number of halogens is 3. The first-order valence-electron chi connectivity index (χ1n) is 8.01. The number of sulfonamides is 1. The Labute approximate surface area is 149 Å². The van der Waals surface area contributed by atoms with Gasteiger partial charge in [-0.2, -0.15) is 17.5 Å². The minimum atomic E-state index is -4.51. The predicted octanol–water partition coefficient (Wildman–Crippen LogP) is 2.74. The first-order chi connectivity index (χ1) is 12.2. The van der Waals surface area contributed by atoms with Crippen LogP contribution in [0, 0.1) is 6.92 Å². The molecule has 1 aromatic carbocycles. The molecule has 5 nitrogen and oxygen atoms in total. The number of nitrogens with zero attached hydrogens (tertiary/aromatic N) is 2. The number of pyridine rings is 1. The van der Waals surface area contributed by atoms with Gasteiger partial charge < -0.3 is 5.32 Å². The van der Waals surface area contributed by atoms with Gasteiger partial charge in [-0.15, -0.1) is 0 Å². The first-order valence-corrected chi connectivity index (χ1v) is 9.45. The number of nitrogens with one attached hydrogen (secondary N) is 1. The summed E-state index contributed by atoms with van der Waals surface area (Å²) >= 11 is 0. The minimum Gasteiger partial charge on any atom is -0.313 e. The summed E-state index contributed by atoms with van der Waals surface area (Å²) in [6.45, 7) is 2.48. The highest BCUT2D eigenvalue weighted by Crippen LogP contribution is 2.34. The van der Waals surface area contributed by atoms with Gasteiger partial charge in [0.05, 0.1) is 16.5 Å². The molecule has 0 bridgehead atoms. The summed E-state index contributed by atoms with van der Waals surface area (Å²) in [6.07, 6.45) is -1.32. The third kappa shape index (κ3) is 3.60. The van der Waals surface area contributed by atoms with Gasteiger partial charge in [0.25, 0.3) is 0 Å².